The summed E-state index contributed by atoms with van der Waals surface area (Å²) in [6.45, 7) is 6.49. The Morgan fingerprint density at radius 3 is 2.52 bits per heavy atom. The molecule has 0 fully saturated rings. The second kappa shape index (κ2) is 6.04. The maximum absolute atomic E-state index is 12.5. The predicted molar refractivity (Wildman–Crippen MR) is 79.4 cm³/mol. The van der Waals surface area contributed by atoms with E-state index in [0.29, 0.717) is 12.2 Å². The summed E-state index contributed by atoms with van der Waals surface area (Å²) < 4.78 is 16.0. The number of imidazole rings is 1. The van der Waals surface area contributed by atoms with Gasteiger partial charge in [-0.1, -0.05) is 6.92 Å². The Bertz CT molecular complexity index is 775. The van der Waals surface area contributed by atoms with Crippen molar-refractivity contribution >= 4 is 5.97 Å². The van der Waals surface area contributed by atoms with Crippen LogP contribution in [0.1, 0.15) is 55.0 Å². The molecule has 0 aliphatic carbocycles. The lowest BCUT2D eigenvalue weighted by molar-refractivity contribution is 0.0600. The van der Waals surface area contributed by atoms with Crippen molar-refractivity contribution in [1.82, 2.24) is 9.55 Å². The first-order chi connectivity index (χ1) is 10.6. The number of aromatic nitrogens is 2. The molecule has 8 nitrogen and oxygen atoms in total. The Morgan fingerprint density at radius 2 is 2.04 bits per heavy atom. The molecule has 23 heavy (non-hydrogen) atoms. The lowest BCUT2D eigenvalue weighted by Crippen LogP contribution is -2.23. The van der Waals surface area contributed by atoms with E-state index in [9.17, 15) is 14.7 Å². The third-order valence-corrected chi connectivity index (χ3v) is 3.32. The van der Waals surface area contributed by atoms with Gasteiger partial charge in [0.2, 0.25) is 0 Å². The van der Waals surface area contributed by atoms with E-state index < -0.39 is 17.4 Å². The first kappa shape index (κ1) is 17.0. The molecule has 0 aromatic carbocycles. The molecule has 2 rings (SSSR count). The minimum absolute atomic E-state index is 0.0594. The third-order valence-electron chi connectivity index (χ3n) is 3.32. The number of aliphatic hydroxyl groups is 1. The van der Waals surface area contributed by atoms with Crippen molar-refractivity contribution in [2.75, 3.05) is 0 Å². The van der Waals surface area contributed by atoms with E-state index in [2.05, 4.69) is 13.8 Å². The first-order valence-corrected chi connectivity index (χ1v) is 7.26. The molecular formula is C15H20N2O6. The monoisotopic (exact) mass is 324 g/mol. The molecule has 0 saturated carbocycles. The third kappa shape index (κ3) is 3.37. The van der Waals surface area contributed by atoms with Crippen molar-refractivity contribution in [2.24, 2.45) is 7.05 Å². The normalized spacial score (nSPS) is 11.7. The second-order valence-corrected chi connectivity index (χ2v) is 5.78. The second-order valence-electron chi connectivity index (χ2n) is 5.78. The Balaban J connectivity index is 2.46. The van der Waals surface area contributed by atoms with Crippen LogP contribution in [-0.2, 0) is 19.1 Å². The standard InChI is InChI=1S/C15H20N2O6/c1-6-7-9-16-11(15(3,4)20)10(17(9)5)12(18)22-13-8(2)21-14(19)23-13/h20H,6-7H2,1-5H3. The summed E-state index contributed by atoms with van der Waals surface area (Å²) in [6, 6.07) is 0. The zero-order valence-corrected chi connectivity index (χ0v) is 13.8. The zero-order valence-electron chi connectivity index (χ0n) is 13.8. The summed E-state index contributed by atoms with van der Waals surface area (Å²) in [4.78, 5) is 27.9. The molecule has 126 valence electrons. The van der Waals surface area contributed by atoms with Gasteiger partial charge in [0.05, 0.1) is 0 Å². The summed E-state index contributed by atoms with van der Waals surface area (Å²) in [5.74, 6) is -1.33. The molecule has 2 aromatic heterocycles. The molecule has 0 unspecified atom stereocenters. The molecule has 0 atom stereocenters. The molecule has 1 N–H and O–H groups in total. The maximum atomic E-state index is 12.5. The van der Waals surface area contributed by atoms with Crippen molar-refractivity contribution in [3.63, 3.8) is 0 Å². The van der Waals surface area contributed by atoms with Crippen LogP contribution in [0.5, 0.6) is 5.95 Å². The Kier molecular flexibility index (Phi) is 4.46. The highest BCUT2D eigenvalue weighted by atomic mass is 16.7. The molecule has 0 aliphatic heterocycles. The van der Waals surface area contributed by atoms with Gasteiger partial charge in [0, 0.05) is 20.4 Å². The van der Waals surface area contributed by atoms with Gasteiger partial charge in [0.1, 0.15) is 17.1 Å². The highest BCUT2D eigenvalue weighted by Gasteiger charge is 2.32. The van der Waals surface area contributed by atoms with Gasteiger partial charge in [-0.15, -0.1) is 0 Å². The van der Waals surface area contributed by atoms with Crippen LogP contribution in [0.3, 0.4) is 0 Å². The van der Waals surface area contributed by atoms with Crippen LogP contribution >= 0.6 is 0 Å². The fourth-order valence-corrected chi connectivity index (χ4v) is 2.21. The van der Waals surface area contributed by atoms with Gasteiger partial charge >= 0.3 is 17.7 Å². The lowest BCUT2D eigenvalue weighted by Gasteiger charge is -2.16. The van der Waals surface area contributed by atoms with Gasteiger partial charge in [0.25, 0.3) is 0 Å². The predicted octanol–water partition coefficient (Wildman–Crippen LogP) is 1.67. The van der Waals surface area contributed by atoms with Crippen LogP contribution in [0, 0.1) is 6.92 Å². The van der Waals surface area contributed by atoms with E-state index in [4.69, 9.17) is 4.74 Å². The number of esters is 1. The number of rotatable bonds is 5. The Morgan fingerprint density at radius 1 is 1.39 bits per heavy atom. The lowest BCUT2D eigenvalue weighted by atomic mass is 10.0. The van der Waals surface area contributed by atoms with Crippen LogP contribution < -0.4 is 10.6 Å². The van der Waals surface area contributed by atoms with Gasteiger partial charge < -0.3 is 23.2 Å². The Hall–Kier alpha value is -2.35. The number of carbonyl (C=O) groups is 1. The minimum Gasteiger partial charge on any atom is -0.392 e. The average molecular weight is 324 g/mol. The fourth-order valence-electron chi connectivity index (χ4n) is 2.21. The van der Waals surface area contributed by atoms with Gasteiger partial charge in [-0.2, -0.15) is 0 Å². The van der Waals surface area contributed by atoms with Crippen molar-refractivity contribution in [3.05, 3.63) is 33.6 Å². The molecule has 0 saturated heterocycles. The average Bonchev–Trinajstić information content (AvgIpc) is 2.91. The van der Waals surface area contributed by atoms with Gasteiger partial charge in [-0.3, -0.25) is 0 Å². The van der Waals surface area contributed by atoms with Crippen molar-refractivity contribution < 1.29 is 23.5 Å². The topological polar surface area (TPSA) is 108 Å². The number of carbonyl (C=O) groups excluding carboxylic acids is 1. The Labute approximate surface area is 132 Å². The van der Waals surface area contributed by atoms with E-state index >= 15 is 0 Å². The SMILES string of the molecule is CCCc1nc(C(C)(C)O)c(C(=O)Oc2oc(=O)oc2C)n1C. The molecule has 0 amide bonds. The number of ether oxygens (including phenoxy) is 1. The van der Waals surface area contributed by atoms with E-state index in [0.717, 1.165) is 6.42 Å². The summed E-state index contributed by atoms with van der Waals surface area (Å²) in [5.41, 5.74) is -1.02. The summed E-state index contributed by atoms with van der Waals surface area (Å²) >= 11 is 0. The van der Waals surface area contributed by atoms with Crippen LogP contribution in [0.25, 0.3) is 0 Å². The zero-order chi connectivity index (χ0) is 17.4. The summed E-state index contributed by atoms with van der Waals surface area (Å²) in [6.07, 6.45) is 1.48. The van der Waals surface area contributed by atoms with E-state index in [1.165, 1.54) is 20.8 Å². The smallest absolute Gasteiger partial charge is 0.392 e. The van der Waals surface area contributed by atoms with E-state index in [-0.39, 0.29) is 23.1 Å². The van der Waals surface area contributed by atoms with E-state index in [1.54, 1.807) is 11.6 Å². The van der Waals surface area contributed by atoms with Crippen molar-refractivity contribution in [3.8, 4) is 5.95 Å². The number of hydrogen-bond donors (Lipinski definition) is 1. The molecular weight excluding hydrogens is 304 g/mol. The van der Waals surface area contributed by atoms with Gasteiger partial charge in [-0.05, 0) is 20.3 Å². The van der Waals surface area contributed by atoms with Crippen LogP contribution in [0.2, 0.25) is 0 Å². The molecule has 0 bridgehead atoms. The fraction of sp³-hybridized carbons (Fsp3) is 0.533. The number of hydrogen-bond acceptors (Lipinski definition) is 7. The molecule has 0 radical (unpaired) electrons. The molecule has 8 heteroatoms. The van der Waals surface area contributed by atoms with Crippen LogP contribution in [-0.4, -0.2) is 20.6 Å². The van der Waals surface area contributed by atoms with Gasteiger partial charge in [0.15, 0.2) is 11.5 Å². The quantitative estimate of drug-likeness (QED) is 0.833. The van der Waals surface area contributed by atoms with Crippen LogP contribution in [0.4, 0.5) is 0 Å². The summed E-state index contributed by atoms with van der Waals surface area (Å²) in [7, 11) is 1.67. The van der Waals surface area contributed by atoms with Gasteiger partial charge in [-0.25, -0.2) is 14.6 Å². The highest BCUT2D eigenvalue weighted by molar-refractivity contribution is 5.90. The van der Waals surface area contributed by atoms with Crippen LogP contribution in [0.15, 0.2) is 13.6 Å². The molecule has 0 spiro atoms. The maximum Gasteiger partial charge on any atom is 0.521 e. The first-order valence-electron chi connectivity index (χ1n) is 7.26. The number of nitrogens with zero attached hydrogens (tertiary/aromatic N) is 2. The largest absolute Gasteiger partial charge is 0.521 e. The molecule has 2 aromatic rings. The minimum atomic E-state index is -1.33. The molecule has 0 aliphatic rings. The number of aryl methyl sites for hydroxylation is 2. The van der Waals surface area contributed by atoms with Crippen molar-refractivity contribution in [2.45, 2.75) is 46.1 Å². The van der Waals surface area contributed by atoms with E-state index in [1.807, 2.05) is 6.92 Å². The molecule has 2 heterocycles. The highest BCUT2D eigenvalue weighted by Crippen LogP contribution is 2.26. The van der Waals surface area contributed by atoms with Crippen molar-refractivity contribution in [1.29, 1.82) is 0 Å². The summed E-state index contributed by atoms with van der Waals surface area (Å²) in [5, 5.41) is 10.3.